The first-order valence-corrected chi connectivity index (χ1v) is 7.92. The van der Waals surface area contributed by atoms with Gasteiger partial charge in [-0.25, -0.2) is 0 Å². The van der Waals surface area contributed by atoms with Gasteiger partial charge in [0.15, 0.2) is 0 Å². The van der Waals surface area contributed by atoms with Crippen LogP contribution in [0, 0.1) is 0 Å². The molecule has 1 aromatic rings. The summed E-state index contributed by atoms with van der Waals surface area (Å²) in [6, 6.07) is 6.81. The number of amides is 3. The molecule has 0 bridgehead atoms. The van der Waals surface area contributed by atoms with Crippen molar-refractivity contribution in [3.63, 3.8) is 0 Å². The van der Waals surface area contributed by atoms with Crippen LogP contribution in [0.5, 0.6) is 0 Å². The fourth-order valence-corrected chi connectivity index (χ4v) is 2.53. The summed E-state index contributed by atoms with van der Waals surface area (Å²) in [5, 5.41) is 3.33. The minimum absolute atomic E-state index is 0.0273. The summed E-state index contributed by atoms with van der Waals surface area (Å²) in [5.41, 5.74) is 0.655. The third-order valence-corrected chi connectivity index (χ3v) is 4.02. The standard InChI is InChI=1S/C16H20ClN3O3/c1-12(21)19-8-10-20(11-9-19)16(23)7-6-15(22)18-14-4-2-13(17)3-5-14/h2-5H,6-11H2,1H3,(H,18,22). The van der Waals surface area contributed by atoms with E-state index in [1.54, 1.807) is 34.1 Å². The summed E-state index contributed by atoms with van der Waals surface area (Å²) in [6.45, 7) is 3.68. The molecule has 0 atom stereocenters. The van der Waals surface area contributed by atoms with Crippen molar-refractivity contribution in [3.05, 3.63) is 29.3 Å². The third kappa shape index (κ3) is 5.25. The minimum atomic E-state index is -0.206. The van der Waals surface area contributed by atoms with E-state index in [0.717, 1.165) is 0 Å². The van der Waals surface area contributed by atoms with Crippen LogP contribution < -0.4 is 5.32 Å². The van der Waals surface area contributed by atoms with E-state index in [1.807, 2.05) is 0 Å². The van der Waals surface area contributed by atoms with Gasteiger partial charge in [0, 0.05) is 56.7 Å². The molecule has 0 spiro atoms. The van der Waals surface area contributed by atoms with E-state index in [9.17, 15) is 14.4 Å². The number of piperazine rings is 1. The van der Waals surface area contributed by atoms with Crippen molar-refractivity contribution < 1.29 is 14.4 Å². The average molecular weight is 338 g/mol. The van der Waals surface area contributed by atoms with Crippen LogP contribution in [0.4, 0.5) is 5.69 Å². The lowest BCUT2D eigenvalue weighted by Crippen LogP contribution is -2.50. The normalized spacial score (nSPS) is 14.5. The summed E-state index contributed by atoms with van der Waals surface area (Å²) in [4.78, 5) is 38.6. The molecule has 0 unspecified atom stereocenters. The van der Waals surface area contributed by atoms with E-state index in [0.29, 0.717) is 36.9 Å². The molecule has 1 saturated heterocycles. The summed E-state index contributed by atoms with van der Waals surface area (Å²) >= 11 is 5.78. The number of nitrogens with zero attached hydrogens (tertiary/aromatic N) is 2. The first-order chi connectivity index (χ1) is 11.0. The Hall–Kier alpha value is -2.08. The monoisotopic (exact) mass is 337 g/mol. The van der Waals surface area contributed by atoms with Crippen molar-refractivity contribution in [3.8, 4) is 0 Å². The number of anilines is 1. The predicted molar refractivity (Wildman–Crippen MR) is 88.1 cm³/mol. The fourth-order valence-electron chi connectivity index (χ4n) is 2.41. The molecule has 3 amide bonds. The number of hydrogen-bond donors (Lipinski definition) is 1. The highest BCUT2D eigenvalue weighted by molar-refractivity contribution is 6.30. The van der Waals surface area contributed by atoms with Crippen molar-refractivity contribution in [2.45, 2.75) is 19.8 Å². The van der Waals surface area contributed by atoms with Crippen LogP contribution in [0.25, 0.3) is 0 Å². The topological polar surface area (TPSA) is 69.7 Å². The van der Waals surface area contributed by atoms with Crippen LogP contribution in [0.15, 0.2) is 24.3 Å². The number of benzene rings is 1. The fraction of sp³-hybridized carbons (Fsp3) is 0.438. The highest BCUT2D eigenvalue weighted by atomic mass is 35.5. The molecule has 7 heteroatoms. The molecular weight excluding hydrogens is 318 g/mol. The van der Waals surface area contributed by atoms with Gasteiger partial charge in [-0.1, -0.05) is 11.6 Å². The molecule has 0 aromatic heterocycles. The van der Waals surface area contributed by atoms with Gasteiger partial charge in [0.2, 0.25) is 17.7 Å². The average Bonchev–Trinajstić information content (AvgIpc) is 2.55. The van der Waals surface area contributed by atoms with Crippen LogP contribution in [-0.4, -0.2) is 53.7 Å². The number of halogens is 1. The summed E-state index contributed by atoms with van der Waals surface area (Å²) in [7, 11) is 0. The van der Waals surface area contributed by atoms with Gasteiger partial charge in [0.05, 0.1) is 0 Å². The molecule has 23 heavy (non-hydrogen) atoms. The van der Waals surface area contributed by atoms with Crippen molar-refractivity contribution >= 4 is 35.0 Å². The molecule has 1 aliphatic heterocycles. The van der Waals surface area contributed by atoms with Crippen LogP contribution in [0.1, 0.15) is 19.8 Å². The Morgan fingerprint density at radius 3 is 2.13 bits per heavy atom. The Bertz CT molecular complexity index is 581. The maximum absolute atomic E-state index is 12.1. The lowest BCUT2D eigenvalue weighted by atomic mass is 10.2. The second-order valence-electron chi connectivity index (χ2n) is 5.44. The van der Waals surface area contributed by atoms with Crippen LogP contribution in [0.2, 0.25) is 5.02 Å². The van der Waals surface area contributed by atoms with Crippen molar-refractivity contribution in [2.24, 2.45) is 0 Å². The summed E-state index contributed by atoms with van der Waals surface area (Å²) in [6.07, 6.45) is 0.299. The first-order valence-electron chi connectivity index (χ1n) is 7.54. The second-order valence-corrected chi connectivity index (χ2v) is 5.88. The van der Waals surface area contributed by atoms with Crippen LogP contribution in [0.3, 0.4) is 0 Å². The molecule has 1 heterocycles. The molecule has 6 nitrogen and oxygen atoms in total. The Labute approximate surface area is 140 Å². The van der Waals surface area contributed by atoms with Crippen LogP contribution >= 0.6 is 11.6 Å². The van der Waals surface area contributed by atoms with Gasteiger partial charge >= 0.3 is 0 Å². The third-order valence-electron chi connectivity index (χ3n) is 3.77. The minimum Gasteiger partial charge on any atom is -0.339 e. The van der Waals surface area contributed by atoms with Gasteiger partial charge in [0.25, 0.3) is 0 Å². The Morgan fingerprint density at radius 1 is 1.00 bits per heavy atom. The van der Waals surface area contributed by atoms with Gasteiger partial charge in [-0.3, -0.25) is 14.4 Å². The SMILES string of the molecule is CC(=O)N1CCN(C(=O)CCC(=O)Nc2ccc(Cl)cc2)CC1. The molecule has 0 saturated carbocycles. The molecule has 0 aliphatic carbocycles. The number of hydrogen-bond acceptors (Lipinski definition) is 3. The number of rotatable bonds is 4. The van der Waals surface area contributed by atoms with Gasteiger partial charge in [-0.05, 0) is 24.3 Å². The van der Waals surface area contributed by atoms with E-state index >= 15 is 0 Å². The lowest BCUT2D eigenvalue weighted by Gasteiger charge is -2.34. The Morgan fingerprint density at radius 2 is 1.57 bits per heavy atom. The van der Waals surface area contributed by atoms with Gasteiger partial charge in [0.1, 0.15) is 0 Å². The summed E-state index contributed by atoms with van der Waals surface area (Å²) < 4.78 is 0. The number of carbonyl (C=O) groups excluding carboxylic acids is 3. The zero-order valence-corrected chi connectivity index (χ0v) is 13.8. The quantitative estimate of drug-likeness (QED) is 0.910. The molecule has 2 rings (SSSR count). The maximum atomic E-state index is 12.1. The first kappa shape index (κ1) is 17.3. The highest BCUT2D eigenvalue weighted by Crippen LogP contribution is 2.14. The smallest absolute Gasteiger partial charge is 0.224 e. The van der Waals surface area contributed by atoms with Crippen LogP contribution in [-0.2, 0) is 14.4 Å². The predicted octanol–water partition coefficient (Wildman–Crippen LogP) is 1.75. The Balaban J connectivity index is 1.73. The van der Waals surface area contributed by atoms with Crippen molar-refractivity contribution in [1.82, 2.24) is 9.80 Å². The molecule has 1 N–H and O–H groups in total. The molecular formula is C16H20ClN3O3. The van der Waals surface area contributed by atoms with Crippen molar-refractivity contribution in [2.75, 3.05) is 31.5 Å². The largest absolute Gasteiger partial charge is 0.339 e. The Kier molecular flexibility index (Phi) is 5.98. The number of nitrogens with one attached hydrogen (secondary N) is 1. The molecule has 124 valence electrons. The van der Waals surface area contributed by atoms with Gasteiger partial charge in [-0.2, -0.15) is 0 Å². The van der Waals surface area contributed by atoms with Gasteiger partial charge in [-0.15, -0.1) is 0 Å². The molecule has 0 radical (unpaired) electrons. The van der Waals surface area contributed by atoms with E-state index in [-0.39, 0.29) is 30.6 Å². The number of carbonyl (C=O) groups is 3. The van der Waals surface area contributed by atoms with E-state index < -0.39 is 0 Å². The maximum Gasteiger partial charge on any atom is 0.224 e. The van der Waals surface area contributed by atoms with Gasteiger partial charge < -0.3 is 15.1 Å². The van der Waals surface area contributed by atoms with E-state index in [1.165, 1.54) is 6.92 Å². The lowest BCUT2D eigenvalue weighted by molar-refractivity contribution is -0.138. The zero-order chi connectivity index (χ0) is 16.8. The molecule has 1 aliphatic rings. The second kappa shape index (κ2) is 7.97. The van der Waals surface area contributed by atoms with E-state index in [2.05, 4.69) is 5.32 Å². The zero-order valence-electron chi connectivity index (χ0n) is 13.0. The summed E-state index contributed by atoms with van der Waals surface area (Å²) in [5.74, 6) is -0.234. The highest BCUT2D eigenvalue weighted by Gasteiger charge is 2.22. The molecule has 1 aromatic carbocycles. The molecule has 1 fully saturated rings. The van der Waals surface area contributed by atoms with E-state index in [4.69, 9.17) is 11.6 Å². The van der Waals surface area contributed by atoms with Crippen molar-refractivity contribution in [1.29, 1.82) is 0 Å².